The molecule has 0 amide bonds. The van der Waals surface area contributed by atoms with Crippen molar-refractivity contribution >= 4 is 27.2 Å². The standard InChI is InChI=1S/C27H30N2O3S/c1-17-12-18(2)26(19(3)13-17)32-20(4)15-28-22-8-6-21(7-9-22)27-29-24-11-10-23(31-16-30-5)14-25(24)33-27/h6-14,20,28H,15-16H2,1-5H3. The molecular weight excluding hydrogens is 432 g/mol. The molecule has 4 aromatic rings. The summed E-state index contributed by atoms with van der Waals surface area (Å²) in [4.78, 5) is 4.77. The van der Waals surface area contributed by atoms with E-state index >= 15 is 0 Å². The second-order valence-electron chi connectivity index (χ2n) is 8.31. The molecule has 6 heteroatoms. The summed E-state index contributed by atoms with van der Waals surface area (Å²) in [6, 6.07) is 18.6. The molecule has 0 fully saturated rings. The van der Waals surface area contributed by atoms with Crippen LogP contribution in [0.4, 0.5) is 5.69 Å². The minimum atomic E-state index is 0.0450. The van der Waals surface area contributed by atoms with Crippen LogP contribution in [-0.4, -0.2) is 31.5 Å². The van der Waals surface area contributed by atoms with Crippen LogP contribution in [0.15, 0.2) is 54.6 Å². The second-order valence-corrected chi connectivity index (χ2v) is 9.34. The smallest absolute Gasteiger partial charge is 0.188 e. The molecule has 0 saturated carbocycles. The van der Waals surface area contributed by atoms with Gasteiger partial charge in [0.15, 0.2) is 6.79 Å². The van der Waals surface area contributed by atoms with Crippen LogP contribution in [0, 0.1) is 20.8 Å². The number of aryl methyl sites for hydroxylation is 3. The minimum absolute atomic E-state index is 0.0450. The average molecular weight is 463 g/mol. The molecule has 1 unspecified atom stereocenters. The van der Waals surface area contributed by atoms with Gasteiger partial charge in [-0.3, -0.25) is 0 Å². The predicted octanol–water partition coefficient (Wildman–Crippen LogP) is 6.75. The number of rotatable bonds is 9. The lowest BCUT2D eigenvalue weighted by atomic mass is 10.1. The highest BCUT2D eigenvalue weighted by atomic mass is 32.1. The maximum atomic E-state index is 6.22. The number of thiazole rings is 1. The Morgan fingerprint density at radius 2 is 1.70 bits per heavy atom. The van der Waals surface area contributed by atoms with E-state index in [2.05, 4.69) is 69.4 Å². The van der Waals surface area contributed by atoms with Gasteiger partial charge >= 0.3 is 0 Å². The lowest BCUT2D eigenvalue weighted by Crippen LogP contribution is -2.23. The van der Waals surface area contributed by atoms with E-state index in [1.165, 1.54) is 16.7 Å². The zero-order valence-electron chi connectivity index (χ0n) is 19.8. The number of nitrogens with zero attached hydrogens (tertiary/aromatic N) is 1. The fraction of sp³-hybridized carbons (Fsp3) is 0.296. The van der Waals surface area contributed by atoms with Gasteiger partial charge < -0.3 is 19.5 Å². The summed E-state index contributed by atoms with van der Waals surface area (Å²) in [5.41, 5.74) is 6.74. The number of methoxy groups -OCH3 is 1. The van der Waals surface area contributed by atoms with Gasteiger partial charge in [0, 0.05) is 18.4 Å². The Morgan fingerprint density at radius 3 is 2.39 bits per heavy atom. The fourth-order valence-electron chi connectivity index (χ4n) is 3.83. The highest BCUT2D eigenvalue weighted by molar-refractivity contribution is 7.21. The quantitative estimate of drug-likeness (QED) is 0.279. The van der Waals surface area contributed by atoms with Gasteiger partial charge in [-0.15, -0.1) is 11.3 Å². The SMILES string of the molecule is COCOc1ccc2nc(-c3ccc(NCC(C)Oc4c(C)cc(C)cc4C)cc3)sc2c1. The highest BCUT2D eigenvalue weighted by Gasteiger charge is 2.11. The Hall–Kier alpha value is -3.09. The first kappa shape index (κ1) is 23.1. The van der Waals surface area contributed by atoms with E-state index in [9.17, 15) is 0 Å². The predicted molar refractivity (Wildman–Crippen MR) is 137 cm³/mol. The van der Waals surface area contributed by atoms with Crippen LogP contribution in [0.25, 0.3) is 20.8 Å². The van der Waals surface area contributed by atoms with Crippen LogP contribution < -0.4 is 14.8 Å². The van der Waals surface area contributed by atoms with Gasteiger partial charge in [-0.25, -0.2) is 4.98 Å². The monoisotopic (exact) mass is 462 g/mol. The van der Waals surface area contributed by atoms with Crippen molar-refractivity contribution in [2.75, 3.05) is 25.8 Å². The van der Waals surface area contributed by atoms with Crippen molar-refractivity contribution in [3.63, 3.8) is 0 Å². The van der Waals surface area contributed by atoms with Crippen LogP contribution in [0.5, 0.6) is 11.5 Å². The third-order valence-electron chi connectivity index (χ3n) is 5.35. The first-order valence-corrected chi connectivity index (χ1v) is 11.9. The summed E-state index contributed by atoms with van der Waals surface area (Å²) in [6.07, 6.45) is 0.0450. The molecule has 0 bridgehead atoms. The zero-order valence-corrected chi connectivity index (χ0v) is 20.6. The molecule has 0 radical (unpaired) electrons. The second kappa shape index (κ2) is 10.2. The summed E-state index contributed by atoms with van der Waals surface area (Å²) >= 11 is 1.65. The van der Waals surface area contributed by atoms with E-state index in [0.717, 1.165) is 44.5 Å². The molecule has 1 aromatic heterocycles. The molecule has 1 heterocycles. The van der Waals surface area contributed by atoms with Crippen molar-refractivity contribution in [3.8, 4) is 22.1 Å². The summed E-state index contributed by atoms with van der Waals surface area (Å²) < 4.78 is 17.8. The summed E-state index contributed by atoms with van der Waals surface area (Å²) in [7, 11) is 1.61. The van der Waals surface area contributed by atoms with Gasteiger partial charge in [-0.1, -0.05) is 17.7 Å². The van der Waals surface area contributed by atoms with Gasteiger partial charge in [0.05, 0.1) is 16.8 Å². The number of ether oxygens (including phenoxy) is 3. The van der Waals surface area contributed by atoms with Crippen molar-refractivity contribution in [2.24, 2.45) is 0 Å². The summed E-state index contributed by atoms with van der Waals surface area (Å²) in [5.74, 6) is 1.77. The number of hydrogen-bond donors (Lipinski definition) is 1. The normalized spacial score (nSPS) is 12.0. The average Bonchev–Trinajstić information content (AvgIpc) is 3.22. The summed E-state index contributed by atoms with van der Waals surface area (Å²) in [6.45, 7) is 9.36. The molecule has 0 aliphatic carbocycles. The Bertz CT molecular complexity index is 1210. The number of nitrogens with one attached hydrogen (secondary N) is 1. The van der Waals surface area contributed by atoms with Gasteiger partial charge in [-0.05, 0) is 81.3 Å². The van der Waals surface area contributed by atoms with Gasteiger partial charge in [0.25, 0.3) is 0 Å². The van der Waals surface area contributed by atoms with Gasteiger partial charge in [0.2, 0.25) is 0 Å². The molecule has 33 heavy (non-hydrogen) atoms. The molecule has 0 spiro atoms. The molecule has 4 rings (SSSR count). The van der Waals surface area contributed by atoms with E-state index in [1.54, 1.807) is 18.4 Å². The molecule has 172 valence electrons. The van der Waals surface area contributed by atoms with E-state index < -0.39 is 0 Å². The maximum Gasteiger partial charge on any atom is 0.188 e. The molecule has 5 nitrogen and oxygen atoms in total. The molecule has 1 N–H and O–H groups in total. The first-order chi connectivity index (χ1) is 15.9. The largest absolute Gasteiger partial charge is 0.488 e. The fourth-order valence-corrected chi connectivity index (χ4v) is 4.83. The van der Waals surface area contributed by atoms with Gasteiger partial charge in [0.1, 0.15) is 22.6 Å². The third kappa shape index (κ3) is 5.64. The molecule has 3 aromatic carbocycles. The zero-order chi connectivity index (χ0) is 23.4. The Balaban J connectivity index is 1.38. The van der Waals surface area contributed by atoms with Crippen LogP contribution >= 0.6 is 11.3 Å². The summed E-state index contributed by atoms with van der Waals surface area (Å²) in [5, 5.41) is 4.47. The minimum Gasteiger partial charge on any atom is -0.488 e. The van der Waals surface area contributed by atoms with Crippen LogP contribution in [0.2, 0.25) is 0 Å². The molecule has 0 aliphatic heterocycles. The third-order valence-corrected chi connectivity index (χ3v) is 6.42. The maximum absolute atomic E-state index is 6.22. The van der Waals surface area contributed by atoms with Crippen molar-refractivity contribution in [1.82, 2.24) is 4.98 Å². The Morgan fingerprint density at radius 1 is 0.970 bits per heavy atom. The molecular formula is C27H30N2O3S. The molecule has 1 atom stereocenters. The first-order valence-electron chi connectivity index (χ1n) is 11.0. The van der Waals surface area contributed by atoms with Crippen molar-refractivity contribution in [2.45, 2.75) is 33.8 Å². The number of hydrogen-bond acceptors (Lipinski definition) is 6. The number of anilines is 1. The van der Waals surface area contributed by atoms with Crippen LogP contribution in [0.3, 0.4) is 0 Å². The Kier molecular flexibility index (Phi) is 7.16. The number of benzene rings is 3. The van der Waals surface area contributed by atoms with Crippen LogP contribution in [0.1, 0.15) is 23.6 Å². The van der Waals surface area contributed by atoms with Crippen molar-refractivity contribution in [1.29, 1.82) is 0 Å². The van der Waals surface area contributed by atoms with Crippen molar-refractivity contribution in [3.05, 3.63) is 71.3 Å². The van der Waals surface area contributed by atoms with E-state index in [4.69, 9.17) is 19.2 Å². The number of fused-ring (bicyclic) bond motifs is 1. The van der Waals surface area contributed by atoms with Crippen molar-refractivity contribution < 1.29 is 14.2 Å². The van der Waals surface area contributed by atoms with E-state index in [-0.39, 0.29) is 12.9 Å². The topological polar surface area (TPSA) is 52.6 Å². The van der Waals surface area contributed by atoms with Gasteiger partial charge in [-0.2, -0.15) is 0 Å². The van der Waals surface area contributed by atoms with Crippen LogP contribution in [-0.2, 0) is 4.74 Å². The lowest BCUT2D eigenvalue weighted by molar-refractivity contribution is 0.0512. The lowest BCUT2D eigenvalue weighted by Gasteiger charge is -2.20. The number of aromatic nitrogens is 1. The Labute approximate surface area is 199 Å². The molecule has 0 saturated heterocycles. The molecule has 0 aliphatic rings. The van der Waals surface area contributed by atoms with E-state index in [1.807, 2.05) is 18.2 Å². The van der Waals surface area contributed by atoms with E-state index in [0.29, 0.717) is 0 Å². The highest BCUT2D eigenvalue weighted by Crippen LogP contribution is 2.33.